The number of hydrogen-bond donors (Lipinski definition) is 1. The number of aldehydes is 1. The van der Waals surface area contributed by atoms with Gasteiger partial charge in [-0.3, -0.25) is 4.79 Å². The van der Waals surface area contributed by atoms with Gasteiger partial charge in [-0.05, 0) is 30.5 Å². The molecule has 0 aliphatic rings. The largest absolute Gasteiger partial charge is 0.481 e. The summed E-state index contributed by atoms with van der Waals surface area (Å²) < 4.78 is 0. The zero-order chi connectivity index (χ0) is 14.5. The second kappa shape index (κ2) is 6.73. The second-order valence-electron chi connectivity index (χ2n) is 4.29. The fourth-order valence-electron chi connectivity index (χ4n) is 1.93. The summed E-state index contributed by atoms with van der Waals surface area (Å²) in [5, 5.41) is 9.53. The molecule has 1 atom stereocenters. The van der Waals surface area contributed by atoms with Gasteiger partial charge in [-0.1, -0.05) is 35.3 Å². The Morgan fingerprint density at radius 3 is 2.53 bits per heavy atom. The van der Waals surface area contributed by atoms with Crippen LogP contribution in [0.4, 0.5) is 0 Å². The van der Waals surface area contributed by atoms with Crippen LogP contribution in [0.2, 0.25) is 10.0 Å². The van der Waals surface area contributed by atoms with Gasteiger partial charge in [0.1, 0.15) is 6.29 Å². The van der Waals surface area contributed by atoms with E-state index < -0.39 is 11.4 Å². The summed E-state index contributed by atoms with van der Waals surface area (Å²) in [6, 6.07) is 4.89. The number of rotatable bonds is 7. The Balaban J connectivity index is 3.19. The van der Waals surface area contributed by atoms with E-state index in [4.69, 9.17) is 28.3 Å². The number of halogens is 2. The van der Waals surface area contributed by atoms with Gasteiger partial charge in [0.15, 0.2) is 0 Å². The number of benzene rings is 1. The molecule has 0 radical (unpaired) electrons. The van der Waals surface area contributed by atoms with E-state index in [0.29, 0.717) is 22.0 Å². The average molecular weight is 301 g/mol. The van der Waals surface area contributed by atoms with E-state index in [1.165, 1.54) is 0 Å². The molecule has 3 nitrogen and oxygen atoms in total. The third kappa shape index (κ3) is 3.82. The van der Waals surface area contributed by atoms with E-state index >= 15 is 0 Å². The van der Waals surface area contributed by atoms with Crippen molar-refractivity contribution in [2.45, 2.75) is 24.7 Å². The molecule has 0 saturated heterocycles. The summed E-state index contributed by atoms with van der Waals surface area (Å²) >= 11 is 11.8. The van der Waals surface area contributed by atoms with Gasteiger partial charge < -0.3 is 9.90 Å². The molecule has 0 aromatic heterocycles. The van der Waals surface area contributed by atoms with Crippen molar-refractivity contribution < 1.29 is 14.7 Å². The Hall–Kier alpha value is -1.32. The lowest BCUT2D eigenvalue weighted by molar-refractivity contribution is -0.137. The van der Waals surface area contributed by atoms with Crippen LogP contribution < -0.4 is 0 Å². The van der Waals surface area contributed by atoms with Gasteiger partial charge in [0.05, 0.1) is 15.5 Å². The predicted octanol–water partition coefficient (Wildman–Crippen LogP) is 3.87. The number of allylic oxidation sites excluding steroid dienone is 1. The number of aliphatic carboxylic acids is 1. The first-order valence-electron chi connectivity index (χ1n) is 5.70. The number of carbonyl (C=O) groups is 2. The molecular weight excluding hydrogens is 287 g/mol. The predicted molar refractivity (Wildman–Crippen MR) is 75.9 cm³/mol. The van der Waals surface area contributed by atoms with Gasteiger partial charge in [0, 0.05) is 6.42 Å². The Bertz CT molecular complexity index is 499. The maximum absolute atomic E-state index is 11.5. The SMILES string of the molecule is C=CCC(C=O)(CCC(=O)O)c1ccc(Cl)c(Cl)c1. The molecule has 1 aromatic rings. The quantitative estimate of drug-likeness (QED) is 0.614. The van der Waals surface area contributed by atoms with Crippen LogP contribution in [-0.2, 0) is 15.0 Å². The highest BCUT2D eigenvalue weighted by atomic mass is 35.5. The smallest absolute Gasteiger partial charge is 0.303 e. The lowest BCUT2D eigenvalue weighted by Crippen LogP contribution is -2.28. The fourth-order valence-corrected chi connectivity index (χ4v) is 2.23. The molecule has 1 unspecified atom stereocenters. The normalized spacial score (nSPS) is 13.6. The summed E-state index contributed by atoms with van der Waals surface area (Å²) in [6.07, 6.45) is 2.79. The molecule has 102 valence electrons. The van der Waals surface area contributed by atoms with Gasteiger partial charge >= 0.3 is 5.97 Å². The maximum Gasteiger partial charge on any atom is 0.303 e. The van der Waals surface area contributed by atoms with Gasteiger partial charge in [-0.25, -0.2) is 0 Å². The van der Waals surface area contributed by atoms with E-state index in [-0.39, 0.29) is 12.8 Å². The van der Waals surface area contributed by atoms with Crippen LogP contribution in [0.15, 0.2) is 30.9 Å². The van der Waals surface area contributed by atoms with E-state index in [9.17, 15) is 9.59 Å². The lowest BCUT2D eigenvalue weighted by Gasteiger charge is -2.27. The molecular formula is C14H14Cl2O3. The van der Waals surface area contributed by atoms with Crippen LogP contribution >= 0.6 is 23.2 Å². The molecule has 0 heterocycles. The number of carbonyl (C=O) groups excluding carboxylic acids is 1. The summed E-state index contributed by atoms with van der Waals surface area (Å²) in [4.78, 5) is 22.2. The standard InChI is InChI=1S/C14H14Cl2O3/c1-2-6-14(9-17,7-5-13(18)19)10-3-4-11(15)12(16)8-10/h2-4,8-9H,1,5-7H2,(H,18,19). The Kier molecular flexibility index (Phi) is 5.58. The van der Waals surface area contributed by atoms with E-state index in [2.05, 4.69) is 6.58 Å². The lowest BCUT2D eigenvalue weighted by atomic mass is 9.75. The first-order valence-corrected chi connectivity index (χ1v) is 6.45. The van der Waals surface area contributed by atoms with E-state index in [1.807, 2.05) is 0 Å². The molecule has 19 heavy (non-hydrogen) atoms. The highest BCUT2D eigenvalue weighted by Crippen LogP contribution is 2.35. The van der Waals surface area contributed by atoms with Gasteiger partial charge in [-0.15, -0.1) is 6.58 Å². The van der Waals surface area contributed by atoms with Crippen LogP contribution in [0.1, 0.15) is 24.8 Å². The van der Waals surface area contributed by atoms with Gasteiger partial charge in [0.25, 0.3) is 0 Å². The monoisotopic (exact) mass is 300 g/mol. The zero-order valence-electron chi connectivity index (χ0n) is 10.2. The number of carboxylic acids is 1. The minimum absolute atomic E-state index is 0.104. The van der Waals surface area contributed by atoms with Crippen LogP contribution in [0.5, 0.6) is 0 Å². The van der Waals surface area contributed by atoms with Crippen molar-refractivity contribution in [1.29, 1.82) is 0 Å². The van der Waals surface area contributed by atoms with Crippen molar-refractivity contribution in [2.24, 2.45) is 0 Å². The van der Waals surface area contributed by atoms with Crippen molar-refractivity contribution in [1.82, 2.24) is 0 Å². The molecule has 1 aromatic carbocycles. The molecule has 0 aliphatic heterocycles. The molecule has 0 aliphatic carbocycles. The zero-order valence-corrected chi connectivity index (χ0v) is 11.7. The highest BCUT2D eigenvalue weighted by molar-refractivity contribution is 6.42. The first kappa shape index (κ1) is 15.7. The third-order valence-corrected chi connectivity index (χ3v) is 3.75. The Labute approximate surface area is 121 Å². The fraction of sp³-hybridized carbons (Fsp3) is 0.286. The highest BCUT2D eigenvalue weighted by Gasteiger charge is 2.31. The summed E-state index contributed by atoms with van der Waals surface area (Å²) in [5.41, 5.74) is -0.271. The van der Waals surface area contributed by atoms with Crippen molar-refractivity contribution in [2.75, 3.05) is 0 Å². The van der Waals surface area contributed by atoms with Gasteiger partial charge in [0.2, 0.25) is 0 Å². The molecule has 1 rings (SSSR count). The molecule has 5 heteroatoms. The van der Waals surface area contributed by atoms with Crippen LogP contribution in [0.3, 0.4) is 0 Å². The summed E-state index contributed by atoms with van der Waals surface area (Å²) in [5.74, 6) is -0.949. The van der Waals surface area contributed by atoms with Crippen molar-refractivity contribution in [3.8, 4) is 0 Å². The molecule has 0 amide bonds. The van der Waals surface area contributed by atoms with Crippen molar-refractivity contribution in [3.63, 3.8) is 0 Å². The molecule has 0 fully saturated rings. The third-order valence-electron chi connectivity index (χ3n) is 3.01. The van der Waals surface area contributed by atoms with Crippen molar-refractivity contribution in [3.05, 3.63) is 46.5 Å². The van der Waals surface area contributed by atoms with Crippen LogP contribution in [0.25, 0.3) is 0 Å². The van der Waals surface area contributed by atoms with Crippen LogP contribution in [0, 0.1) is 0 Å². The van der Waals surface area contributed by atoms with Crippen molar-refractivity contribution >= 4 is 35.5 Å². The summed E-state index contributed by atoms with van der Waals surface area (Å²) in [7, 11) is 0. The number of hydrogen-bond acceptors (Lipinski definition) is 2. The molecule has 1 N–H and O–H groups in total. The van der Waals surface area contributed by atoms with E-state index in [1.54, 1.807) is 24.3 Å². The molecule has 0 spiro atoms. The average Bonchev–Trinajstić information content (AvgIpc) is 2.38. The Morgan fingerprint density at radius 1 is 1.37 bits per heavy atom. The minimum atomic E-state index is -0.949. The topological polar surface area (TPSA) is 54.4 Å². The number of carboxylic acid groups (broad SMARTS) is 1. The first-order chi connectivity index (χ1) is 8.95. The molecule has 0 bridgehead atoms. The summed E-state index contributed by atoms with van der Waals surface area (Å²) in [6.45, 7) is 3.62. The maximum atomic E-state index is 11.5. The van der Waals surface area contributed by atoms with Gasteiger partial charge in [-0.2, -0.15) is 0 Å². The second-order valence-corrected chi connectivity index (χ2v) is 5.10. The Morgan fingerprint density at radius 2 is 2.05 bits per heavy atom. The van der Waals surface area contributed by atoms with E-state index in [0.717, 1.165) is 6.29 Å². The minimum Gasteiger partial charge on any atom is -0.481 e. The molecule has 0 saturated carbocycles. The van der Waals surface area contributed by atoms with Crippen LogP contribution in [-0.4, -0.2) is 17.4 Å².